The normalized spacial score (nSPS) is 12.6. The number of ether oxygens (including phenoxy) is 1. The van der Waals surface area contributed by atoms with Crippen LogP contribution in [-0.4, -0.2) is 79.8 Å². The number of aliphatic carboxylic acids is 1. The van der Waals surface area contributed by atoms with Crippen LogP contribution in [0.5, 0.6) is 0 Å². The molecule has 4 N–H and O–H groups in total. The summed E-state index contributed by atoms with van der Waals surface area (Å²) in [5, 5.41) is 15.9. The Morgan fingerprint density at radius 3 is 2.32 bits per heavy atom. The van der Waals surface area contributed by atoms with Crippen molar-refractivity contribution in [1.82, 2.24) is 4.90 Å². The third kappa shape index (κ3) is 8.83. The number of carbonyl (C=O) groups excluding carboxylic acids is 1. The zero-order valence-electron chi connectivity index (χ0n) is 11.8. The number of esters is 1. The van der Waals surface area contributed by atoms with Crippen LogP contribution in [0.15, 0.2) is 0 Å². The van der Waals surface area contributed by atoms with Crippen molar-refractivity contribution in [3.05, 3.63) is 0 Å². The van der Waals surface area contributed by atoms with Gasteiger partial charge in [-0.3, -0.25) is 15.0 Å². The van der Waals surface area contributed by atoms with E-state index in [1.54, 1.807) is 0 Å². The molecule has 0 saturated heterocycles. The van der Waals surface area contributed by atoms with Crippen LogP contribution in [0.1, 0.15) is 6.42 Å². The molecule has 8 heteroatoms. The van der Waals surface area contributed by atoms with Crippen molar-refractivity contribution in [2.75, 3.05) is 41.3 Å². The molecule has 0 aromatic carbocycles. The van der Waals surface area contributed by atoms with Gasteiger partial charge in [0.1, 0.15) is 13.1 Å². The van der Waals surface area contributed by atoms with Gasteiger partial charge in [-0.2, -0.15) is 0 Å². The minimum absolute atomic E-state index is 0.178. The van der Waals surface area contributed by atoms with Gasteiger partial charge in [-0.1, -0.05) is 0 Å². The summed E-state index contributed by atoms with van der Waals surface area (Å²) >= 11 is 0. The zero-order chi connectivity index (χ0) is 15.2. The third-order valence-electron chi connectivity index (χ3n) is 2.23. The van der Waals surface area contributed by atoms with Gasteiger partial charge in [-0.05, 0) is 0 Å². The maximum atomic E-state index is 11.6. The predicted molar refractivity (Wildman–Crippen MR) is 69.6 cm³/mol. The molecular weight excluding hydrogens is 252 g/mol. The van der Waals surface area contributed by atoms with Gasteiger partial charge in [0.05, 0.1) is 27.6 Å². The lowest BCUT2D eigenvalue weighted by Gasteiger charge is -2.28. The Balaban J connectivity index is 4.50. The minimum Gasteiger partial charge on any atom is -0.481 e. The summed E-state index contributed by atoms with van der Waals surface area (Å²) in [6.07, 6.45) is -0.948. The van der Waals surface area contributed by atoms with Crippen LogP contribution >= 0.6 is 0 Å². The molecule has 0 aliphatic rings. The van der Waals surface area contributed by atoms with Crippen molar-refractivity contribution < 1.29 is 23.9 Å². The molecule has 0 saturated carbocycles. The summed E-state index contributed by atoms with van der Waals surface area (Å²) in [7, 11) is 7.12. The molecule has 0 aliphatic heterocycles. The Bertz CT molecular complexity index is 351. The van der Waals surface area contributed by atoms with E-state index in [-0.39, 0.29) is 18.9 Å². The van der Waals surface area contributed by atoms with Gasteiger partial charge in [0.25, 0.3) is 0 Å². The Kier molecular flexibility index (Phi) is 6.26. The number of carbonyl (C=O) groups is 2. The second-order valence-corrected chi connectivity index (χ2v) is 5.42. The summed E-state index contributed by atoms with van der Waals surface area (Å²) in [5.74, 6) is -1.87. The number of nitrogens with zero attached hydrogens (tertiary/aromatic N) is 2. The van der Waals surface area contributed by atoms with Gasteiger partial charge < -0.3 is 25.0 Å². The molecule has 0 bridgehead atoms. The molecule has 0 radical (unpaired) electrons. The van der Waals surface area contributed by atoms with E-state index in [0.717, 1.165) is 0 Å². The highest BCUT2D eigenvalue weighted by Crippen LogP contribution is 2.05. The fourth-order valence-corrected chi connectivity index (χ4v) is 1.45. The summed E-state index contributed by atoms with van der Waals surface area (Å²) in [6, 6.07) is 0. The molecule has 0 aromatic heterocycles. The highest BCUT2D eigenvalue weighted by atomic mass is 16.5. The third-order valence-corrected chi connectivity index (χ3v) is 2.23. The van der Waals surface area contributed by atoms with Crippen LogP contribution in [0.3, 0.4) is 0 Å². The standard InChI is InChI=1S/C11H22N4O4/c1-14(11(12)13)6-10(18)19-8(5-9(16)17)7-15(2,3)4/h8H,5-7H2,1-4H3,(H3-,12,13,16,17)/p+1. The average molecular weight is 275 g/mol. The second kappa shape index (κ2) is 6.93. The van der Waals surface area contributed by atoms with Gasteiger partial charge >= 0.3 is 11.9 Å². The SMILES string of the molecule is CN(CC(=O)OC(CC(=O)O)C[N+](C)(C)C)C(=N)N. The molecule has 1 unspecified atom stereocenters. The first kappa shape index (κ1) is 17.2. The lowest BCUT2D eigenvalue weighted by Crippen LogP contribution is -2.45. The van der Waals surface area contributed by atoms with E-state index in [1.807, 2.05) is 21.1 Å². The second-order valence-electron chi connectivity index (χ2n) is 5.42. The number of carboxylic acid groups (broad SMARTS) is 1. The molecule has 19 heavy (non-hydrogen) atoms. The van der Waals surface area contributed by atoms with E-state index in [1.165, 1.54) is 11.9 Å². The molecule has 0 aromatic rings. The topological polar surface area (TPSA) is 117 Å². The molecule has 0 heterocycles. The van der Waals surface area contributed by atoms with Crippen LogP contribution in [0.25, 0.3) is 0 Å². The first-order valence-corrected chi connectivity index (χ1v) is 5.78. The number of guanidine groups is 1. The minimum atomic E-state index is -1.02. The number of nitrogens with one attached hydrogen (secondary N) is 1. The van der Waals surface area contributed by atoms with Crippen molar-refractivity contribution >= 4 is 17.9 Å². The Labute approximate surface area is 112 Å². The van der Waals surface area contributed by atoms with Gasteiger partial charge in [0.15, 0.2) is 12.1 Å². The highest BCUT2D eigenvalue weighted by molar-refractivity contribution is 5.81. The Hall–Kier alpha value is -1.83. The van der Waals surface area contributed by atoms with E-state index >= 15 is 0 Å². The number of hydrogen-bond donors (Lipinski definition) is 3. The summed E-state index contributed by atoms with van der Waals surface area (Å²) in [5.41, 5.74) is 5.20. The van der Waals surface area contributed by atoms with Gasteiger partial charge in [0.2, 0.25) is 0 Å². The number of nitrogens with two attached hydrogens (primary N) is 1. The van der Waals surface area contributed by atoms with Gasteiger partial charge in [-0.25, -0.2) is 0 Å². The molecule has 0 amide bonds. The lowest BCUT2D eigenvalue weighted by atomic mass is 10.2. The van der Waals surface area contributed by atoms with Crippen LogP contribution in [0.4, 0.5) is 0 Å². The fraction of sp³-hybridized carbons (Fsp3) is 0.727. The molecule has 8 nitrogen and oxygen atoms in total. The molecule has 0 rings (SSSR count). The summed E-state index contributed by atoms with van der Waals surface area (Å²) in [4.78, 5) is 23.6. The quantitative estimate of drug-likeness (QED) is 0.235. The molecule has 110 valence electrons. The van der Waals surface area contributed by atoms with E-state index < -0.39 is 18.0 Å². The number of quaternary nitrogens is 1. The zero-order valence-corrected chi connectivity index (χ0v) is 11.8. The lowest BCUT2D eigenvalue weighted by molar-refractivity contribution is -0.873. The number of rotatable bonds is 7. The van der Waals surface area contributed by atoms with E-state index in [0.29, 0.717) is 11.0 Å². The van der Waals surface area contributed by atoms with E-state index in [2.05, 4.69) is 0 Å². The molecule has 0 spiro atoms. The van der Waals surface area contributed by atoms with E-state index in [4.69, 9.17) is 21.0 Å². The monoisotopic (exact) mass is 275 g/mol. The number of carboxylic acids is 1. The average Bonchev–Trinajstić information content (AvgIpc) is 2.12. The largest absolute Gasteiger partial charge is 0.481 e. The summed E-state index contributed by atoms with van der Waals surface area (Å²) in [6.45, 7) is 0.213. The predicted octanol–water partition coefficient (Wildman–Crippen LogP) is -1.10. The highest BCUT2D eigenvalue weighted by Gasteiger charge is 2.25. The van der Waals surface area contributed by atoms with Crippen LogP contribution in [0.2, 0.25) is 0 Å². The van der Waals surface area contributed by atoms with Gasteiger partial charge in [-0.15, -0.1) is 0 Å². The Morgan fingerprint density at radius 1 is 1.42 bits per heavy atom. The summed E-state index contributed by atoms with van der Waals surface area (Å²) < 4.78 is 5.61. The van der Waals surface area contributed by atoms with Crippen LogP contribution in [0, 0.1) is 5.41 Å². The van der Waals surface area contributed by atoms with Crippen molar-refractivity contribution in [3.63, 3.8) is 0 Å². The van der Waals surface area contributed by atoms with Gasteiger partial charge in [0, 0.05) is 7.05 Å². The van der Waals surface area contributed by atoms with E-state index in [9.17, 15) is 9.59 Å². The van der Waals surface area contributed by atoms with Crippen LogP contribution < -0.4 is 5.73 Å². The molecule has 0 aliphatic carbocycles. The number of hydrogen-bond acceptors (Lipinski definition) is 4. The number of likely N-dealkylation sites (N-methyl/N-ethyl adjacent to an activating group) is 2. The van der Waals surface area contributed by atoms with Crippen molar-refractivity contribution in [2.45, 2.75) is 12.5 Å². The van der Waals surface area contributed by atoms with Crippen molar-refractivity contribution in [2.24, 2.45) is 5.73 Å². The van der Waals surface area contributed by atoms with Crippen molar-refractivity contribution in [1.29, 1.82) is 5.41 Å². The molecule has 1 atom stereocenters. The Morgan fingerprint density at radius 2 is 1.95 bits per heavy atom. The smallest absolute Gasteiger partial charge is 0.326 e. The maximum absolute atomic E-state index is 11.6. The first-order chi connectivity index (χ1) is 8.51. The van der Waals surface area contributed by atoms with Crippen molar-refractivity contribution in [3.8, 4) is 0 Å². The fourth-order valence-electron chi connectivity index (χ4n) is 1.45. The first-order valence-electron chi connectivity index (χ1n) is 5.78. The molecular formula is C11H23N4O4+. The maximum Gasteiger partial charge on any atom is 0.326 e. The van der Waals surface area contributed by atoms with Crippen LogP contribution in [-0.2, 0) is 14.3 Å². The molecule has 0 fully saturated rings.